The number of amides is 1. The summed E-state index contributed by atoms with van der Waals surface area (Å²) in [7, 11) is 0. The van der Waals surface area contributed by atoms with Crippen molar-refractivity contribution in [2.45, 2.75) is 38.1 Å². The molecule has 1 fully saturated rings. The van der Waals surface area contributed by atoms with E-state index in [0.29, 0.717) is 0 Å². The number of hydrogen-bond donors (Lipinski definition) is 5. The van der Waals surface area contributed by atoms with Crippen molar-refractivity contribution in [1.82, 2.24) is 5.32 Å². The Morgan fingerprint density at radius 3 is 2.06 bits per heavy atom. The predicted octanol–water partition coefficient (Wildman–Crippen LogP) is -1.65. The number of nitrogens with one attached hydrogen (secondary N) is 1. The number of aliphatic hydroxyl groups excluding tert-OH is 1. The molecule has 9 heteroatoms. The standard InChI is InChI=1S/C5H7NO4.C4H9NO3/c1-2-3(4(7)8)6-5(9)10-2;1-2(6)3(5)4(7)8/h2-3H,1H3,(H,6,9)(H,7,8);2-3,6H,5H2,1H3,(H,7,8). The van der Waals surface area contributed by atoms with Crippen LogP contribution < -0.4 is 11.1 Å². The molecule has 0 aromatic carbocycles. The van der Waals surface area contributed by atoms with Gasteiger partial charge in [0.05, 0.1) is 6.10 Å². The van der Waals surface area contributed by atoms with Gasteiger partial charge in [-0.25, -0.2) is 9.59 Å². The minimum Gasteiger partial charge on any atom is -0.480 e. The zero-order valence-electron chi connectivity index (χ0n) is 9.86. The van der Waals surface area contributed by atoms with Crippen molar-refractivity contribution in [2.75, 3.05) is 0 Å². The van der Waals surface area contributed by atoms with Crippen molar-refractivity contribution in [2.24, 2.45) is 5.73 Å². The van der Waals surface area contributed by atoms with Crippen LogP contribution in [0.25, 0.3) is 0 Å². The number of aliphatic hydroxyl groups is 1. The molecule has 0 saturated carbocycles. The van der Waals surface area contributed by atoms with Crippen LogP contribution in [0.2, 0.25) is 0 Å². The van der Waals surface area contributed by atoms with Crippen molar-refractivity contribution < 1.29 is 34.4 Å². The Labute approximate surface area is 103 Å². The lowest BCUT2D eigenvalue weighted by atomic mass is 10.2. The van der Waals surface area contributed by atoms with Crippen molar-refractivity contribution in [3.8, 4) is 0 Å². The van der Waals surface area contributed by atoms with E-state index in [4.69, 9.17) is 21.1 Å². The van der Waals surface area contributed by atoms with Gasteiger partial charge in [0.2, 0.25) is 0 Å². The summed E-state index contributed by atoms with van der Waals surface area (Å²) < 4.78 is 4.50. The molecule has 0 aliphatic carbocycles. The summed E-state index contributed by atoms with van der Waals surface area (Å²) in [6, 6.07) is -2.05. The molecule has 104 valence electrons. The van der Waals surface area contributed by atoms with E-state index in [-0.39, 0.29) is 0 Å². The van der Waals surface area contributed by atoms with Gasteiger partial charge in [-0.05, 0) is 13.8 Å². The summed E-state index contributed by atoms with van der Waals surface area (Å²) in [4.78, 5) is 30.5. The maximum Gasteiger partial charge on any atom is 0.408 e. The van der Waals surface area contributed by atoms with Crippen LogP contribution in [-0.4, -0.2) is 57.6 Å². The molecule has 9 nitrogen and oxygen atoms in total. The molecule has 1 amide bonds. The summed E-state index contributed by atoms with van der Waals surface area (Å²) in [6.45, 7) is 2.86. The number of rotatable bonds is 3. The smallest absolute Gasteiger partial charge is 0.408 e. The maximum atomic E-state index is 10.4. The van der Waals surface area contributed by atoms with E-state index < -0.39 is 42.3 Å². The molecular weight excluding hydrogens is 248 g/mol. The number of carbonyl (C=O) groups excluding carboxylic acids is 1. The Balaban J connectivity index is 0.000000331. The van der Waals surface area contributed by atoms with Gasteiger partial charge in [0.1, 0.15) is 12.1 Å². The zero-order valence-corrected chi connectivity index (χ0v) is 9.86. The molecule has 18 heavy (non-hydrogen) atoms. The summed E-state index contributed by atoms with van der Waals surface area (Å²) in [5.74, 6) is -2.25. The number of cyclic esters (lactones) is 1. The van der Waals surface area contributed by atoms with E-state index in [2.05, 4.69) is 10.1 Å². The van der Waals surface area contributed by atoms with Crippen molar-refractivity contribution in [1.29, 1.82) is 0 Å². The van der Waals surface area contributed by atoms with E-state index >= 15 is 0 Å². The largest absolute Gasteiger partial charge is 0.480 e. The molecule has 1 aliphatic heterocycles. The average Bonchev–Trinajstić information content (AvgIpc) is 2.57. The first-order valence-electron chi connectivity index (χ1n) is 5.03. The highest BCUT2D eigenvalue weighted by molar-refractivity contribution is 5.83. The first kappa shape index (κ1) is 16.1. The van der Waals surface area contributed by atoms with Gasteiger partial charge in [-0.1, -0.05) is 0 Å². The molecule has 1 rings (SSSR count). The van der Waals surface area contributed by atoms with Crippen molar-refractivity contribution in [3.63, 3.8) is 0 Å². The molecule has 0 aromatic heterocycles. The van der Waals surface area contributed by atoms with Gasteiger partial charge >= 0.3 is 18.0 Å². The lowest BCUT2D eigenvalue weighted by molar-refractivity contribution is -0.141. The second kappa shape index (κ2) is 6.77. The number of carboxylic acid groups (broad SMARTS) is 2. The third-order valence-electron chi connectivity index (χ3n) is 2.11. The molecule has 4 atom stereocenters. The predicted molar refractivity (Wildman–Crippen MR) is 57.8 cm³/mol. The van der Waals surface area contributed by atoms with Crippen LogP contribution in [0.5, 0.6) is 0 Å². The highest BCUT2D eigenvalue weighted by Crippen LogP contribution is 2.06. The molecule has 0 aromatic rings. The average molecular weight is 264 g/mol. The molecule has 0 spiro atoms. The van der Waals surface area contributed by atoms with Crippen LogP contribution in [0, 0.1) is 0 Å². The molecule has 4 unspecified atom stereocenters. The van der Waals surface area contributed by atoms with Gasteiger partial charge in [-0.2, -0.15) is 0 Å². The third-order valence-corrected chi connectivity index (χ3v) is 2.11. The summed E-state index contributed by atoms with van der Waals surface area (Å²) in [5, 5.41) is 27.1. The molecule has 0 bridgehead atoms. The number of hydrogen-bond acceptors (Lipinski definition) is 6. The Bertz CT molecular complexity index is 331. The van der Waals surface area contributed by atoms with E-state index in [1.807, 2.05) is 0 Å². The maximum absolute atomic E-state index is 10.4. The molecule has 1 heterocycles. The Morgan fingerprint density at radius 1 is 1.44 bits per heavy atom. The van der Waals surface area contributed by atoms with E-state index in [1.54, 1.807) is 0 Å². The Hall–Kier alpha value is -1.87. The Morgan fingerprint density at radius 2 is 1.94 bits per heavy atom. The zero-order chi connectivity index (χ0) is 14.5. The lowest BCUT2D eigenvalue weighted by Crippen LogP contribution is -2.39. The third kappa shape index (κ3) is 4.97. The number of ether oxygens (including phenoxy) is 1. The van der Waals surface area contributed by atoms with E-state index in [9.17, 15) is 14.4 Å². The first-order chi connectivity index (χ1) is 8.16. The van der Waals surface area contributed by atoms with Gasteiger partial charge < -0.3 is 31.1 Å². The van der Waals surface area contributed by atoms with Crippen molar-refractivity contribution in [3.05, 3.63) is 0 Å². The highest BCUT2D eigenvalue weighted by Gasteiger charge is 2.35. The molecule has 6 N–H and O–H groups in total. The fraction of sp³-hybridized carbons (Fsp3) is 0.667. The van der Waals surface area contributed by atoms with Gasteiger partial charge in [0, 0.05) is 0 Å². The van der Waals surface area contributed by atoms with Crippen molar-refractivity contribution >= 4 is 18.0 Å². The number of carboxylic acids is 2. The van der Waals surface area contributed by atoms with Crippen LogP contribution in [-0.2, 0) is 14.3 Å². The monoisotopic (exact) mass is 264 g/mol. The molecule has 0 radical (unpaired) electrons. The molecule has 1 saturated heterocycles. The first-order valence-corrected chi connectivity index (χ1v) is 5.03. The van der Waals surface area contributed by atoms with Crippen LogP contribution in [0.4, 0.5) is 4.79 Å². The lowest BCUT2D eigenvalue weighted by Gasteiger charge is -2.06. The second-order valence-electron chi connectivity index (χ2n) is 3.68. The van der Waals surface area contributed by atoms with Gasteiger partial charge in [-0.3, -0.25) is 4.79 Å². The topological polar surface area (TPSA) is 159 Å². The fourth-order valence-corrected chi connectivity index (χ4v) is 0.984. The molecule has 1 aliphatic rings. The second-order valence-corrected chi connectivity index (χ2v) is 3.68. The van der Waals surface area contributed by atoms with Crippen LogP contribution in [0.15, 0.2) is 0 Å². The quantitative estimate of drug-likeness (QED) is 0.405. The molecular formula is C9H16N2O7. The Kier molecular flexibility index (Phi) is 6.06. The highest BCUT2D eigenvalue weighted by atomic mass is 16.6. The van der Waals surface area contributed by atoms with E-state index in [0.717, 1.165) is 0 Å². The number of nitrogens with two attached hydrogens (primary N) is 1. The number of alkyl carbamates (subject to hydrolysis) is 1. The summed E-state index contributed by atoms with van der Waals surface area (Å²) in [6.07, 6.45) is -2.22. The van der Waals surface area contributed by atoms with E-state index in [1.165, 1.54) is 13.8 Å². The van der Waals surface area contributed by atoms with Gasteiger partial charge in [-0.15, -0.1) is 0 Å². The van der Waals surface area contributed by atoms with Crippen LogP contribution in [0.3, 0.4) is 0 Å². The minimum atomic E-state index is -1.18. The number of aliphatic carboxylic acids is 2. The van der Waals surface area contributed by atoms with Gasteiger partial charge in [0.15, 0.2) is 6.04 Å². The van der Waals surface area contributed by atoms with Gasteiger partial charge in [0.25, 0.3) is 0 Å². The minimum absolute atomic E-state index is 0.579. The summed E-state index contributed by atoms with van der Waals surface area (Å²) >= 11 is 0. The fourth-order valence-electron chi connectivity index (χ4n) is 0.984. The normalized spacial score (nSPS) is 25.0. The summed E-state index contributed by atoms with van der Waals surface area (Å²) in [5.41, 5.74) is 4.91. The van der Waals surface area contributed by atoms with Crippen LogP contribution in [0.1, 0.15) is 13.8 Å². The SMILES string of the molecule is CC(O)C(N)C(=O)O.CC1OC(=O)NC1C(=O)O. The van der Waals surface area contributed by atoms with Crippen LogP contribution >= 0.6 is 0 Å². The number of carbonyl (C=O) groups is 3.